The van der Waals surface area contributed by atoms with Crippen LogP contribution in [0.4, 0.5) is 4.79 Å². The van der Waals surface area contributed by atoms with Gasteiger partial charge < -0.3 is 24.8 Å². The van der Waals surface area contributed by atoms with Gasteiger partial charge in [-0.05, 0) is 34.1 Å². The molecule has 2 N–H and O–H groups in total. The number of nitrogens with one attached hydrogen (secondary N) is 1. The maximum Gasteiger partial charge on any atom is 0.407 e. The average Bonchev–Trinajstić information content (AvgIpc) is 3.14. The van der Waals surface area contributed by atoms with Crippen molar-refractivity contribution in [1.82, 2.24) is 10.2 Å². The van der Waals surface area contributed by atoms with Crippen molar-refractivity contribution < 1.29 is 29.0 Å². The number of morpholine rings is 1. The lowest BCUT2D eigenvalue weighted by Crippen LogP contribution is -2.58. The number of fused-ring (bicyclic) bond motifs is 3. The van der Waals surface area contributed by atoms with Crippen molar-refractivity contribution in [2.24, 2.45) is 5.41 Å². The van der Waals surface area contributed by atoms with Gasteiger partial charge >= 0.3 is 12.1 Å². The minimum absolute atomic E-state index is 0.0751. The van der Waals surface area contributed by atoms with E-state index in [2.05, 4.69) is 17.4 Å². The Morgan fingerprint density at radius 2 is 1.69 bits per heavy atom. The van der Waals surface area contributed by atoms with Gasteiger partial charge in [-0.25, -0.2) is 9.59 Å². The number of rotatable bonds is 6. The SMILES string of the molecule is CC(C)(C)CC(NC(=O)OCC1c2ccccc2-c2ccccc21)C(=O)N1CCOCC1C(=O)O. The van der Waals surface area contributed by atoms with Crippen LogP contribution in [0.15, 0.2) is 48.5 Å². The summed E-state index contributed by atoms with van der Waals surface area (Å²) in [5.74, 6) is -1.67. The molecule has 1 heterocycles. The molecule has 1 aliphatic carbocycles. The van der Waals surface area contributed by atoms with Crippen molar-refractivity contribution in [3.63, 3.8) is 0 Å². The topological polar surface area (TPSA) is 105 Å². The highest BCUT2D eigenvalue weighted by molar-refractivity contribution is 5.89. The van der Waals surface area contributed by atoms with E-state index >= 15 is 0 Å². The fourth-order valence-corrected chi connectivity index (χ4v) is 4.87. The summed E-state index contributed by atoms with van der Waals surface area (Å²) in [5.41, 5.74) is 4.17. The van der Waals surface area contributed by atoms with Crippen LogP contribution >= 0.6 is 0 Å². The molecule has 2 unspecified atom stereocenters. The van der Waals surface area contributed by atoms with Gasteiger partial charge in [0.05, 0.1) is 13.2 Å². The number of alkyl carbamates (subject to hydrolysis) is 1. The zero-order valence-corrected chi connectivity index (χ0v) is 20.3. The Morgan fingerprint density at radius 1 is 1.09 bits per heavy atom. The molecule has 2 aromatic rings. The summed E-state index contributed by atoms with van der Waals surface area (Å²) in [6, 6.07) is 14.1. The maximum atomic E-state index is 13.4. The van der Waals surface area contributed by atoms with Crippen molar-refractivity contribution >= 4 is 18.0 Å². The van der Waals surface area contributed by atoms with Crippen LogP contribution in [-0.4, -0.2) is 66.4 Å². The molecule has 1 saturated heterocycles. The van der Waals surface area contributed by atoms with Crippen LogP contribution in [0.2, 0.25) is 0 Å². The number of ether oxygens (including phenoxy) is 2. The summed E-state index contributed by atoms with van der Waals surface area (Å²) in [6.45, 7) is 6.34. The Labute approximate surface area is 205 Å². The van der Waals surface area contributed by atoms with Crippen LogP contribution < -0.4 is 5.32 Å². The first kappa shape index (κ1) is 24.7. The second-order valence-electron chi connectivity index (χ2n) is 10.2. The first-order valence-corrected chi connectivity index (χ1v) is 11.9. The van der Waals surface area contributed by atoms with E-state index in [1.165, 1.54) is 4.90 Å². The molecule has 1 fully saturated rings. The third-order valence-electron chi connectivity index (χ3n) is 6.45. The maximum absolute atomic E-state index is 13.4. The second kappa shape index (κ2) is 10.1. The number of nitrogens with zero attached hydrogens (tertiary/aromatic N) is 1. The number of carbonyl (C=O) groups excluding carboxylic acids is 2. The number of carboxylic acid groups (broad SMARTS) is 1. The van der Waals surface area contributed by atoms with Crippen molar-refractivity contribution in [3.05, 3.63) is 59.7 Å². The summed E-state index contributed by atoms with van der Waals surface area (Å²) < 4.78 is 10.9. The monoisotopic (exact) mass is 480 g/mol. The van der Waals surface area contributed by atoms with Gasteiger partial charge in [-0.1, -0.05) is 69.3 Å². The molecule has 35 heavy (non-hydrogen) atoms. The Bertz CT molecular complexity index is 1060. The van der Waals surface area contributed by atoms with E-state index in [0.29, 0.717) is 6.42 Å². The number of hydrogen-bond acceptors (Lipinski definition) is 5. The summed E-state index contributed by atoms with van der Waals surface area (Å²) >= 11 is 0. The Morgan fingerprint density at radius 3 is 2.26 bits per heavy atom. The molecule has 2 amide bonds. The van der Waals surface area contributed by atoms with Gasteiger partial charge in [-0.3, -0.25) is 4.79 Å². The van der Waals surface area contributed by atoms with E-state index in [1.54, 1.807) is 0 Å². The molecule has 2 atom stereocenters. The smallest absolute Gasteiger partial charge is 0.407 e. The lowest BCUT2D eigenvalue weighted by atomic mass is 9.87. The number of amides is 2. The molecule has 2 aliphatic rings. The molecular weight excluding hydrogens is 448 g/mol. The summed E-state index contributed by atoms with van der Waals surface area (Å²) in [7, 11) is 0. The Hall–Kier alpha value is -3.39. The van der Waals surface area contributed by atoms with Crippen LogP contribution in [0.25, 0.3) is 11.1 Å². The van der Waals surface area contributed by atoms with Crippen molar-refractivity contribution in [3.8, 4) is 11.1 Å². The van der Waals surface area contributed by atoms with Crippen LogP contribution in [0.3, 0.4) is 0 Å². The third kappa shape index (κ3) is 5.48. The van der Waals surface area contributed by atoms with E-state index in [0.717, 1.165) is 22.3 Å². The van der Waals surface area contributed by atoms with Crippen LogP contribution in [0.5, 0.6) is 0 Å². The molecule has 0 spiro atoms. The Kier molecular flexibility index (Phi) is 7.12. The molecule has 0 aromatic heterocycles. The zero-order chi connectivity index (χ0) is 25.2. The largest absolute Gasteiger partial charge is 0.480 e. The first-order chi connectivity index (χ1) is 16.7. The second-order valence-corrected chi connectivity index (χ2v) is 10.2. The fourth-order valence-electron chi connectivity index (χ4n) is 4.87. The third-order valence-corrected chi connectivity index (χ3v) is 6.45. The normalized spacial score (nSPS) is 18.4. The molecule has 0 radical (unpaired) electrons. The number of carboxylic acids is 1. The quantitative estimate of drug-likeness (QED) is 0.654. The number of hydrogen-bond donors (Lipinski definition) is 2. The zero-order valence-electron chi connectivity index (χ0n) is 20.3. The predicted molar refractivity (Wildman–Crippen MR) is 130 cm³/mol. The molecule has 8 heteroatoms. The molecule has 0 bridgehead atoms. The lowest BCUT2D eigenvalue weighted by Gasteiger charge is -2.36. The number of aliphatic carboxylic acids is 1. The molecule has 186 valence electrons. The van der Waals surface area contributed by atoms with E-state index in [-0.39, 0.29) is 37.7 Å². The molecule has 0 saturated carbocycles. The summed E-state index contributed by atoms with van der Waals surface area (Å²) in [5, 5.41) is 12.2. The van der Waals surface area contributed by atoms with Crippen LogP contribution in [0.1, 0.15) is 44.2 Å². The van der Waals surface area contributed by atoms with Gasteiger partial charge in [0.15, 0.2) is 6.04 Å². The Balaban J connectivity index is 1.47. The minimum atomic E-state index is -1.13. The summed E-state index contributed by atoms with van der Waals surface area (Å²) in [4.78, 5) is 39.2. The molecular formula is C27H32N2O6. The minimum Gasteiger partial charge on any atom is -0.480 e. The number of carbonyl (C=O) groups is 3. The summed E-state index contributed by atoms with van der Waals surface area (Å²) in [6.07, 6.45) is -0.366. The van der Waals surface area contributed by atoms with E-state index in [1.807, 2.05) is 57.2 Å². The van der Waals surface area contributed by atoms with Crippen LogP contribution in [0, 0.1) is 5.41 Å². The van der Waals surface area contributed by atoms with Crippen molar-refractivity contribution in [1.29, 1.82) is 0 Å². The van der Waals surface area contributed by atoms with Crippen molar-refractivity contribution in [2.75, 3.05) is 26.4 Å². The van der Waals surface area contributed by atoms with Gasteiger partial charge in [0, 0.05) is 12.5 Å². The van der Waals surface area contributed by atoms with E-state index < -0.39 is 30.1 Å². The highest BCUT2D eigenvalue weighted by Crippen LogP contribution is 2.44. The highest BCUT2D eigenvalue weighted by Gasteiger charge is 2.38. The van der Waals surface area contributed by atoms with Gasteiger partial charge in [0.1, 0.15) is 12.6 Å². The predicted octanol–water partition coefficient (Wildman–Crippen LogP) is 3.64. The van der Waals surface area contributed by atoms with Crippen molar-refractivity contribution in [2.45, 2.75) is 45.2 Å². The average molecular weight is 481 g/mol. The van der Waals surface area contributed by atoms with Gasteiger partial charge in [-0.15, -0.1) is 0 Å². The first-order valence-electron chi connectivity index (χ1n) is 11.9. The fraction of sp³-hybridized carbons (Fsp3) is 0.444. The lowest BCUT2D eigenvalue weighted by molar-refractivity contribution is -0.159. The standard InChI is InChI=1S/C27H32N2O6/c1-27(2,3)14-22(24(30)29-12-13-34-16-23(29)25(31)32)28-26(33)35-15-21-19-10-6-4-8-17(19)18-9-5-7-11-20(18)21/h4-11,21-23H,12-16H2,1-3H3,(H,28,33)(H,31,32). The molecule has 8 nitrogen and oxygen atoms in total. The molecule has 2 aromatic carbocycles. The van der Waals surface area contributed by atoms with Gasteiger partial charge in [0.25, 0.3) is 0 Å². The molecule has 4 rings (SSSR count). The van der Waals surface area contributed by atoms with E-state index in [9.17, 15) is 19.5 Å². The number of benzene rings is 2. The highest BCUT2D eigenvalue weighted by atomic mass is 16.5. The van der Waals surface area contributed by atoms with Gasteiger partial charge in [-0.2, -0.15) is 0 Å². The van der Waals surface area contributed by atoms with Crippen LogP contribution in [-0.2, 0) is 19.1 Å². The van der Waals surface area contributed by atoms with Gasteiger partial charge in [0.2, 0.25) is 5.91 Å². The molecule has 1 aliphatic heterocycles. The van der Waals surface area contributed by atoms with E-state index in [4.69, 9.17) is 9.47 Å².